The van der Waals surface area contributed by atoms with E-state index < -0.39 is 18.6 Å². The molecule has 0 aliphatic carbocycles. The zero-order valence-electron chi connectivity index (χ0n) is 8.86. The number of aliphatic hydroxyl groups excluding tert-OH is 1. The Hall–Kier alpha value is -1.17. The van der Waals surface area contributed by atoms with E-state index in [1.54, 1.807) is 30.5 Å². The molecule has 2 aromatic rings. The third-order valence-corrected chi connectivity index (χ3v) is 2.63. The van der Waals surface area contributed by atoms with Gasteiger partial charge in [0.25, 0.3) is 5.92 Å². The molecule has 2 rings (SSSR count). The first-order chi connectivity index (χ1) is 7.56. The van der Waals surface area contributed by atoms with Crippen molar-refractivity contribution in [2.24, 2.45) is 5.73 Å². The molecule has 0 unspecified atom stereocenters. The summed E-state index contributed by atoms with van der Waals surface area (Å²) in [5.41, 5.74) is 6.57. The van der Waals surface area contributed by atoms with Gasteiger partial charge >= 0.3 is 0 Å². The van der Waals surface area contributed by atoms with Gasteiger partial charge in [-0.1, -0.05) is 12.1 Å². The quantitative estimate of drug-likeness (QED) is 0.794. The summed E-state index contributed by atoms with van der Waals surface area (Å²) in [5.74, 6) is -3.31. The van der Waals surface area contributed by atoms with E-state index in [1.165, 1.54) is 0 Å². The van der Waals surface area contributed by atoms with Crippen LogP contribution in [0.3, 0.4) is 0 Å². The van der Waals surface area contributed by atoms with Gasteiger partial charge in [0.15, 0.2) is 0 Å². The predicted octanol–water partition coefficient (Wildman–Crippen LogP) is 2.22. The topological polar surface area (TPSA) is 62.0 Å². The molecule has 0 amide bonds. The molecule has 0 bridgehead atoms. The molecule has 1 aromatic heterocycles. The van der Waals surface area contributed by atoms with E-state index in [1.807, 2.05) is 0 Å². The van der Waals surface area contributed by atoms with Gasteiger partial charge in [0.05, 0.1) is 6.04 Å². The Morgan fingerprint density at radius 3 is 2.71 bits per heavy atom. The van der Waals surface area contributed by atoms with Crippen molar-refractivity contribution in [1.82, 2.24) is 4.98 Å². The second-order valence-corrected chi connectivity index (χ2v) is 3.68. The second-order valence-electron chi connectivity index (χ2n) is 3.68. The number of hydrogen-bond donors (Lipinski definition) is 3. The molecular weight excluding hydrogens is 250 g/mol. The van der Waals surface area contributed by atoms with Crippen molar-refractivity contribution >= 4 is 23.3 Å². The summed E-state index contributed by atoms with van der Waals surface area (Å²) in [7, 11) is 0. The first-order valence-electron chi connectivity index (χ1n) is 4.86. The summed E-state index contributed by atoms with van der Waals surface area (Å²) >= 11 is 0. The van der Waals surface area contributed by atoms with Crippen LogP contribution in [0.5, 0.6) is 0 Å². The van der Waals surface area contributed by atoms with E-state index in [0.29, 0.717) is 10.9 Å². The summed E-state index contributed by atoms with van der Waals surface area (Å²) in [4.78, 5) is 2.92. The number of H-pyrrole nitrogens is 1. The van der Waals surface area contributed by atoms with E-state index in [2.05, 4.69) is 4.98 Å². The van der Waals surface area contributed by atoms with Crippen LogP contribution in [0.25, 0.3) is 10.9 Å². The average molecular weight is 263 g/mol. The number of aromatic nitrogens is 1. The Labute approximate surface area is 103 Å². The van der Waals surface area contributed by atoms with E-state index >= 15 is 0 Å². The minimum absolute atomic E-state index is 0. The molecule has 1 atom stereocenters. The Balaban J connectivity index is 0.00000144. The minimum Gasteiger partial charge on any atom is -0.390 e. The molecule has 6 heteroatoms. The molecule has 4 N–H and O–H groups in total. The highest BCUT2D eigenvalue weighted by atomic mass is 35.5. The van der Waals surface area contributed by atoms with Gasteiger partial charge in [-0.15, -0.1) is 12.4 Å². The van der Waals surface area contributed by atoms with E-state index in [9.17, 15) is 8.78 Å². The fourth-order valence-corrected chi connectivity index (χ4v) is 1.71. The predicted molar refractivity (Wildman–Crippen MR) is 64.5 cm³/mol. The van der Waals surface area contributed by atoms with Crippen LogP contribution >= 0.6 is 12.4 Å². The van der Waals surface area contributed by atoms with E-state index in [0.717, 1.165) is 5.52 Å². The largest absolute Gasteiger partial charge is 0.390 e. The van der Waals surface area contributed by atoms with Crippen LogP contribution < -0.4 is 5.73 Å². The third kappa shape index (κ3) is 2.41. The molecule has 0 saturated carbocycles. The summed E-state index contributed by atoms with van der Waals surface area (Å²) in [6.45, 7) is -1.25. The Bertz CT molecular complexity index is 501. The van der Waals surface area contributed by atoms with Crippen LogP contribution in [0.1, 0.15) is 11.6 Å². The number of benzene rings is 1. The number of alkyl halides is 2. The number of hydrogen-bond acceptors (Lipinski definition) is 2. The monoisotopic (exact) mass is 262 g/mol. The SMILES string of the molecule is Cl.N[C@H](c1cccc2[nH]ccc12)C(F)(F)CO. The molecule has 0 spiro atoms. The number of aromatic amines is 1. The lowest BCUT2D eigenvalue weighted by atomic mass is 9.98. The maximum atomic E-state index is 13.3. The van der Waals surface area contributed by atoms with Gasteiger partial charge in [0.1, 0.15) is 6.61 Å². The van der Waals surface area contributed by atoms with Crippen molar-refractivity contribution in [2.45, 2.75) is 12.0 Å². The van der Waals surface area contributed by atoms with Gasteiger partial charge in [-0.05, 0) is 17.7 Å². The van der Waals surface area contributed by atoms with Crippen molar-refractivity contribution in [1.29, 1.82) is 0 Å². The summed E-state index contributed by atoms with van der Waals surface area (Å²) in [5, 5.41) is 9.27. The van der Waals surface area contributed by atoms with Crippen LogP contribution in [0, 0.1) is 0 Å². The van der Waals surface area contributed by atoms with Crippen LogP contribution in [0.2, 0.25) is 0 Å². The molecular formula is C11H13ClF2N2O. The van der Waals surface area contributed by atoms with Crippen molar-refractivity contribution in [3.05, 3.63) is 36.0 Å². The molecule has 0 aliphatic heterocycles. The molecule has 0 radical (unpaired) electrons. The molecule has 0 saturated heterocycles. The Kier molecular flexibility index (Phi) is 4.08. The number of halogens is 3. The molecule has 0 aliphatic rings. The lowest BCUT2D eigenvalue weighted by molar-refractivity contribution is -0.0708. The zero-order chi connectivity index (χ0) is 11.8. The fourth-order valence-electron chi connectivity index (χ4n) is 1.71. The number of fused-ring (bicyclic) bond motifs is 1. The van der Waals surface area contributed by atoms with Gasteiger partial charge < -0.3 is 15.8 Å². The number of nitrogens with two attached hydrogens (primary N) is 1. The Morgan fingerprint density at radius 1 is 1.35 bits per heavy atom. The molecule has 1 aromatic carbocycles. The van der Waals surface area contributed by atoms with Crippen molar-refractivity contribution < 1.29 is 13.9 Å². The number of aliphatic hydroxyl groups is 1. The van der Waals surface area contributed by atoms with E-state index in [-0.39, 0.29) is 12.4 Å². The van der Waals surface area contributed by atoms with Gasteiger partial charge in [0.2, 0.25) is 0 Å². The van der Waals surface area contributed by atoms with Crippen LogP contribution in [-0.2, 0) is 0 Å². The third-order valence-electron chi connectivity index (χ3n) is 2.63. The minimum atomic E-state index is -3.31. The first-order valence-corrected chi connectivity index (χ1v) is 4.86. The van der Waals surface area contributed by atoms with Gasteiger partial charge in [-0.3, -0.25) is 0 Å². The lowest BCUT2D eigenvalue weighted by Gasteiger charge is -2.22. The smallest absolute Gasteiger partial charge is 0.289 e. The van der Waals surface area contributed by atoms with Crippen LogP contribution in [-0.4, -0.2) is 22.6 Å². The fraction of sp³-hybridized carbons (Fsp3) is 0.273. The number of nitrogens with one attached hydrogen (secondary N) is 1. The van der Waals surface area contributed by atoms with Gasteiger partial charge in [-0.2, -0.15) is 0 Å². The molecule has 1 heterocycles. The van der Waals surface area contributed by atoms with Crippen LogP contribution in [0.4, 0.5) is 8.78 Å². The van der Waals surface area contributed by atoms with E-state index in [4.69, 9.17) is 10.8 Å². The second kappa shape index (κ2) is 5.00. The maximum absolute atomic E-state index is 13.3. The first kappa shape index (κ1) is 13.9. The van der Waals surface area contributed by atoms with Gasteiger partial charge in [-0.25, -0.2) is 8.78 Å². The maximum Gasteiger partial charge on any atom is 0.289 e. The standard InChI is InChI=1S/C11H12F2N2O.ClH/c12-11(13,6-16)10(14)8-2-1-3-9-7(8)4-5-15-9;/h1-5,10,15-16H,6,14H2;1H/t10-;/m1./s1. The molecule has 17 heavy (non-hydrogen) atoms. The highest BCUT2D eigenvalue weighted by Gasteiger charge is 2.38. The number of rotatable bonds is 3. The molecule has 0 fully saturated rings. The average Bonchev–Trinajstić information content (AvgIpc) is 2.75. The van der Waals surface area contributed by atoms with Crippen molar-refractivity contribution in [3.8, 4) is 0 Å². The molecule has 94 valence electrons. The highest BCUT2D eigenvalue weighted by Crippen LogP contribution is 2.32. The van der Waals surface area contributed by atoms with Crippen molar-refractivity contribution in [2.75, 3.05) is 6.61 Å². The summed E-state index contributed by atoms with van der Waals surface area (Å²) < 4.78 is 26.6. The Morgan fingerprint density at radius 2 is 2.06 bits per heavy atom. The summed E-state index contributed by atoms with van der Waals surface area (Å²) in [6, 6.07) is 5.17. The van der Waals surface area contributed by atoms with Crippen molar-refractivity contribution in [3.63, 3.8) is 0 Å². The highest BCUT2D eigenvalue weighted by molar-refractivity contribution is 5.85. The lowest BCUT2D eigenvalue weighted by Crippen LogP contribution is -2.36. The summed E-state index contributed by atoms with van der Waals surface area (Å²) in [6.07, 6.45) is 1.66. The molecule has 3 nitrogen and oxygen atoms in total. The van der Waals surface area contributed by atoms with Crippen LogP contribution in [0.15, 0.2) is 30.5 Å². The normalized spacial score (nSPS) is 13.4. The zero-order valence-corrected chi connectivity index (χ0v) is 9.68. The van der Waals surface area contributed by atoms with Gasteiger partial charge in [0, 0.05) is 17.1 Å².